The Morgan fingerprint density at radius 1 is 0.762 bits per heavy atom. The Morgan fingerprint density at radius 2 is 1.52 bits per heavy atom. The van der Waals surface area contributed by atoms with Crippen molar-refractivity contribution < 1.29 is 4.79 Å². The maximum atomic E-state index is 11.0. The summed E-state index contributed by atoms with van der Waals surface area (Å²) < 4.78 is 0. The number of rotatable bonds is 1. The summed E-state index contributed by atoms with van der Waals surface area (Å²) in [6.45, 7) is 0. The smallest absolute Gasteiger partial charge is 0.166 e. The van der Waals surface area contributed by atoms with Gasteiger partial charge in [-0.3, -0.25) is 4.79 Å². The van der Waals surface area contributed by atoms with Gasteiger partial charge in [0.2, 0.25) is 0 Å². The standard InChI is InChI=1S/C19H11NO/c21-10-14-9-16-15-7-6-12-3-1-2-11-4-5-13(8-17(16)20-14)19(15)18(11)12/h1-10,20H. The molecule has 5 rings (SSSR count). The average Bonchev–Trinajstić information content (AvgIpc) is 2.95. The number of H-pyrrole nitrogens is 1. The van der Waals surface area contributed by atoms with Gasteiger partial charge in [0.15, 0.2) is 6.29 Å². The topological polar surface area (TPSA) is 32.9 Å². The summed E-state index contributed by atoms with van der Waals surface area (Å²) in [6, 6.07) is 19.1. The Labute approximate surface area is 120 Å². The van der Waals surface area contributed by atoms with Crippen LogP contribution in [0.5, 0.6) is 0 Å². The Morgan fingerprint density at radius 3 is 2.33 bits per heavy atom. The normalized spacial score (nSPS) is 12.0. The van der Waals surface area contributed by atoms with Crippen molar-refractivity contribution in [1.29, 1.82) is 0 Å². The van der Waals surface area contributed by atoms with Gasteiger partial charge in [-0.1, -0.05) is 42.5 Å². The SMILES string of the molecule is O=Cc1cc2c(cc3ccc4cccc5ccc2c3c45)[nH]1. The van der Waals surface area contributed by atoms with Crippen molar-refractivity contribution in [3.8, 4) is 0 Å². The van der Waals surface area contributed by atoms with Crippen molar-refractivity contribution >= 4 is 49.5 Å². The average molecular weight is 269 g/mol. The zero-order chi connectivity index (χ0) is 14.0. The van der Waals surface area contributed by atoms with E-state index in [-0.39, 0.29) is 0 Å². The van der Waals surface area contributed by atoms with Crippen molar-refractivity contribution in [1.82, 2.24) is 4.98 Å². The molecule has 1 N–H and O–H groups in total. The van der Waals surface area contributed by atoms with Crippen LogP contribution in [-0.4, -0.2) is 11.3 Å². The highest BCUT2D eigenvalue weighted by Gasteiger charge is 2.12. The van der Waals surface area contributed by atoms with Crippen LogP contribution in [0.1, 0.15) is 10.5 Å². The first-order valence-electron chi connectivity index (χ1n) is 6.99. The fraction of sp³-hybridized carbons (Fsp3) is 0. The largest absolute Gasteiger partial charge is 0.352 e. The van der Waals surface area contributed by atoms with Crippen LogP contribution in [0.2, 0.25) is 0 Å². The van der Waals surface area contributed by atoms with Crippen LogP contribution in [0.15, 0.2) is 54.6 Å². The minimum absolute atomic E-state index is 0.625. The Balaban J connectivity index is 2.16. The molecule has 2 heteroatoms. The van der Waals surface area contributed by atoms with Gasteiger partial charge in [-0.15, -0.1) is 0 Å². The molecule has 0 unspecified atom stereocenters. The van der Waals surface area contributed by atoms with Crippen LogP contribution >= 0.6 is 0 Å². The van der Waals surface area contributed by atoms with Gasteiger partial charge in [0.05, 0.1) is 5.69 Å². The Kier molecular flexibility index (Phi) is 1.87. The van der Waals surface area contributed by atoms with Crippen molar-refractivity contribution in [2.45, 2.75) is 0 Å². The molecule has 21 heavy (non-hydrogen) atoms. The first-order valence-corrected chi connectivity index (χ1v) is 6.99. The van der Waals surface area contributed by atoms with E-state index in [2.05, 4.69) is 53.5 Å². The van der Waals surface area contributed by atoms with E-state index in [4.69, 9.17) is 0 Å². The molecule has 0 aliphatic carbocycles. The molecule has 5 aromatic rings. The highest BCUT2D eigenvalue weighted by Crippen LogP contribution is 2.38. The van der Waals surface area contributed by atoms with Crippen LogP contribution in [0.25, 0.3) is 43.2 Å². The first-order chi connectivity index (χ1) is 10.3. The molecular weight excluding hydrogens is 258 g/mol. The Hall–Kier alpha value is -2.87. The minimum Gasteiger partial charge on any atom is -0.352 e. The molecule has 0 amide bonds. The van der Waals surface area contributed by atoms with Crippen molar-refractivity contribution in [3.63, 3.8) is 0 Å². The fourth-order valence-electron chi connectivity index (χ4n) is 3.50. The van der Waals surface area contributed by atoms with Gasteiger partial charge in [-0.05, 0) is 44.5 Å². The van der Waals surface area contributed by atoms with Gasteiger partial charge in [0.25, 0.3) is 0 Å². The van der Waals surface area contributed by atoms with E-state index < -0.39 is 0 Å². The number of aromatic nitrogens is 1. The lowest BCUT2D eigenvalue weighted by Crippen LogP contribution is -1.84. The number of nitrogens with one attached hydrogen (secondary N) is 1. The van der Waals surface area contributed by atoms with E-state index >= 15 is 0 Å². The highest BCUT2D eigenvalue weighted by atomic mass is 16.1. The third-order valence-electron chi connectivity index (χ3n) is 4.39. The predicted octanol–water partition coefficient (Wildman–Crippen LogP) is 4.88. The van der Waals surface area contributed by atoms with Gasteiger partial charge in [-0.2, -0.15) is 0 Å². The minimum atomic E-state index is 0.625. The second kappa shape index (κ2) is 3.61. The van der Waals surface area contributed by atoms with Gasteiger partial charge in [-0.25, -0.2) is 0 Å². The summed E-state index contributed by atoms with van der Waals surface area (Å²) in [6.07, 6.45) is 0.869. The molecule has 0 aliphatic heterocycles. The van der Waals surface area contributed by atoms with Crippen LogP contribution < -0.4 is 0 Å². The summed E-state index contributed by atoms with van der Waals surface area (Å²) in [5.41, 5.74) is 1.64. The molecule has 0 saturated heterocycles. The van der Waals surface area contributed by atoms with E-state index in [9.17, 15) is 4.79 Å². The zero-order valence-corrected chi connectivity index (χ0v) is 11.2. The maximum Gasteiger partial charge on any atom is 0.166 e. The molecule has 4 aromatic carbocycles. The van der Waals surface area contributed by atoms with Crippen LogP contribution in [-0.2, 0) is 0 Å². The molecule has 98 valence electrons. The zero-order valence-electron chi connectivity index (χ0n) is 11.2. The summed E-state index contributed by atoms with van der Waals surface area (Å²) in [4.78, 5) is 14.2. The fourth-order valence-corrected chi connectivity index (χ4v) is 3.50. The predicted molar refractivity (Wildman–Crippen MR) is 87.4 cm³/mol. The quantitative estimate of drug-likeness (QED) is 0.341. The van der Waals surface area contributed by atoms with E-state index in [1.807, 2.05) is 6.07 Å². The van der Waals surface area contributed by atoms with Gasteiger partial charge in [0.1, 0.15) is 0 Å². The lowest BCUT2D eigenvalue weighted by Gasteiger charge is -2.11. The Bertz CT molecular complexity index is 1130. The number of benzene rings is 4. The van der Waals surface area contributed by atoms with Gasteiger partial charge in [0, 0.05) is 10.9 Å². The van der Waals surface area contributed by atoms with Crippen molar-refractivity contribution in [3.05, 3.63) is 60.3 Å². The van der Waals surface area contributed by atoms with Crippen LogP contribution in [0, 0.1) is 0 Å². The molecule has 0 aliphatic rings. The summed E-state index contributed by atoms with van der Waals surface area (Å²) >= 11 is 0. The number of aldehydes is 1. The summed E-state index contributed by atoms with van der Waals surface area (Å²) in [7, 11) is 0. The molecular formula is C19H11NO. The van der Waals surface area contributed by atoms with Crippen molar-refractivity contribution in [2.24, 2.45) is 0 Å². The van der Waals surface area contributed by atoms with Crippen LogP contribution in [0.4, 0.5) is 0 Å². The number of hydrogen-bond acceptors (Lipinski definition) is 1. The number of fused-ring (bicyclic) bond motifs is 2. The number of hydrogen-bond donors (Lipinski definition) is 1. The molecule has 1 aromatic heterocycles. The molecule has 1 heterocycles. The molecule has 0 spiro atoms. The van der Waals surface area contributed by atoms with Crippen LogP contribution in [0.3, 0.4) is 0 Å². The first kappa shape index (κ1) is 10.9. The van der Waals surface area contributed by atoms with Crippen molar-refractivity contribution in [2.75, 3.05) is 0 Å². The van der Waals surface area contributed by atoms with E-state index in [0.717, 1.165) is 17.2 Å². The van der Waals surface area contributed by atoms with E-state index in [0.29, 0.717) is 5.69 Å². The third-order valence-corrected chi connectivity index (χ3v) is 4.39. The monoisotopic (exact) mass is 269 g/mol. The third kappa shape index (κ3) is 1.29. The van der Waals surface area contributed by atoms with E-state index in [1.165, 1.54) is 32.3 Å². The second-order valence-corrected chi connectivity index (χ2v) is 5.54. The molecule has 0 radical (unpaired) electrons. The number of carbonyl (C=O) groups is 1. The molecule has 0 fully saturated rings. The number of aromatic amines is 1. The van der Waals surface area contributed by atoms with Gasteiger partial charge >= 0.3 is 0 Å². The van der Waals surface area contributed by atoms with Gasteiger partial charge < -0.3 is 4.98 Å². The summed E-state index contributed by atoms with van der Waals surface area (Å²) in [5.74, 6) is 0. The molecule has 0 atom stereocenters. The molecule has 2 nitrogen and oxygen atoms in total. The second-order valence-electron chi connectivity index (χ2n) is 5.54. The summed E-state index contributed by atoms with van der Waals surface area (Å²) in [5, 5.41) is 8.64. The molecule has 0 bridgehead atoms. The van der Waals surface area contributed by atoms with E-state index in [1.54, 1.807) is 0 Å². The number of carbonyl (C=O) groups excluding carboxylic acids is 1. The lowest BCUT2D eigenvalue weighted by molar-refractivity contribution is 0.112. The maximum absolute atomic E-state index is 11.0. The highest BCUT2D eigenvalue weighted by molar-refractivity contribution is 6.28. The lowest BCUT2D eigenvalue weighted by atomic mass is 9.93. The molecule has 0 saturated carbocycles.